The molecule has 1 aromatic heterocycles. The summed E-state index contributed by atoms with van der Waals surface area (Å²) in [6.07, 6.45) is 3.35. The third-order valence-corrected chi connectivity index (χ3v) is 5.57. The van der Waals surface area contributed by atoms with Gasteiger partial charge in [0.2, 0.25) is 0 Å². The van der Waals surface area contributed by atoms with Gasteiger partial charge in [-0.1, -0.05) is 37.7 Å². The van der Waals surface area contributed by atoms with E-state index in [0.29, 0.717) is 6.54 Å². The Labute approximate surface area is 186 Å². The molecule has 31 heavy (non-hydrogen) atoms. The molecular weight excluding hydrogens is 402 g/mol. The maximum absolute atomic E-state index is 12.6. The van der Waals surface area contributed by atoms with Crippen molar-refractivity contribution in [1.82, 2.24) is 14.9 Å². The van der Waals surface area contributed by atoms with Crippen LogP contribution >= 0.6 is 0 Å². The lowest BCUT2D eigenvalue weighted by Crippen LogP contribution is -2.36. The van der Waals surface area contributed by atoms with E-state index in [1.54, 1.807) is 4.90 Å². The highest BCUT2D eigenvalue weighted by molar-refractivity contribution is 6.83. The zero-order valence-corrected chi connectivity index (χ0v) is 20.3. The first-order chi connectivity index (χ1) is 14.5. The Balaban J connectivity index is 1.71. The first-order valence-corrected chi connectivity index (χ1v) is 14.2. The monoisotopic (exact) mass is 433 g/mol. The molecule has 0 radical (unpaired) electrons. The smallest absolute Gasteiger partial charge is 0.410 e. The van der Waals surface area contributed by atoms with Gasteiger partial charge in [-0.25, -0.2) is 9.78 Å². The van der Waals surface area contributed by atoms with Crippen molar-refractivity contribution in [3.63, 3.8) is 0 Å². The minimum absolute atomic E-state index is 0.0846. The molecule has 0 saturated carbocycles. The molecule has 1 saturated heterocycles. The molecule has 1 N–H and O–H groups in total. The number of ether oxygens (including phenoxy) is 1. The van der Waals surface area contributed by atoms with Gasteiger partial charge in [-0.15, -0.1) is 5.54 Å². The Morgan fingerprint density at radius 1 is 1.19 bits per heavy atom. The molecule has 0 unspecified atom stereocenters. The van der Waals surface area contributed by atoms with E-state index >= 15 is 0 Å². The van der Waals surface area contributed by atoms with E-state index in [0.717, 1.165) is 35.5 Å². The van der Waals surface area contributed by atoms with Gasteiger partial charge in [0, 0.05) is 12.1 Å². The lowest BCUT2D eigenvalue weighted by atomic mass is 10.1. The normalized spacial score (nSPS) is 16.2. The summed E-state index contributed by atoms with van der Waals surface area (Å²) in [4.78, 5) is 22.3. The number of aromatic amines is 1. The number of likely N-dealkylation sites (tertiary alicyclic amines) is 1. The van der Waals surface area contributed by atoms with Crippen molar-refractivity contribution in [2.75, 3.05) is 6.54 Å². The Kier molecular flexibility index (Phi) is 6.62. The van der Waals surface area contributed by atoms with Gasteiger partial charge in [-0.2, -0.15) is 0 Å². The van der Waals surface area contributed by atoms with Crippen LogP contribution in [0.1, 0.15) is 51.0 Å². The standard InChI is InChI=1S/C25H31N3O2Si/c1-25(2,3)30-24(29)28-16-9-11-22(28)23-26-18-21(27-23)20-14-12-19(13-15-20)10-7-8-17-31(4,5)6/h12-15,18,22H,9,11,16H2,1-6H3,(H,26,27)/t22-/m0/s1. The molecule has 2 aromatic rings. The summed E-state index contributed by atoms with van der Waals surface area (Å²) in [6, 6.07) is 7.93. The molecule has 0 spiro atoms. The lowest BCUT2D eigenvalue weighted by Gasteiger charge is -2.27. The van der Waals surface area contributed by atoms with Gasteiger partial charge in [0.1, 0.15) is 19.5 Å². The minimum atomic E-state index is -1.39. The molecule has 1 atom stereocenters. The number of nitrogens with one attached hydrogen (secondary N) is 1. The van der Waals surface area contributed by atoms with Crippen LogP contribution < -0.4 is 0 Å². The van der Waals surface area contributed by atoms with Crippen molar-refractivity contribution in [2.24, 2.45) is 0 Å². The number of carbonyl (C=O) groups excluding carboxylic acids is 1. The maximum Gasteiger partial charge on any atom is 0.410 e. The summed E-state index contributed by atoms with van der Waals surface area (Å²) in [6.45, 7) is 12.9. The van der Waals surface area contributed by atoms with Gasteiger partial charge in [0.15, 0.2) is 0 Å². The Bertz CT molecular complexity index is 1050. The Hall–Kier alpha value is -2.96. The molecule has 6 heteroatoms. The van der Waals surface area contributed by atoms with E-state index in [9.17, 15) is 4.79 Å². The van der Waals surface area contributed by atoms with E-state index in [4.69, 9.17) is 4.74 Å². The van der Waals surface area contributed by atoms with E-state index in [1.165, 1.54) is 0 Å². The minimum Gasteiger partial charge on any atom is -0.444 e. The largest absolute Gasteiger partial charge is 0.444 e. The molecule has 0 aliphatic carbocycles. The summed E-state index contributed by atoms with van der Waals surface area (Å²) in [5.41, 5.74) is 5.62. The molecule has 1 aliphatic heterocycles. The van der Waals surface area contributed by atoms with Crippen molar-refractivity contribution in [1.29, 1.82) is 0 Å². The van der Waals surface area contributed by atoms with E-state index in [-0.39, 0.29) is 12.1 Å². The van der Waals surface area contributed by atoms with Crippen molar-refractivity contribution < 1.29 is 9.53 Å². The second-order valence-electron chi connectivity index (χ2n) is 9.84. The zero-order chi connectivity index (χ0) is 22.6. The predicted molar refractivity (Wildman–Crippen MR) is 127 cm³/mol. The molecule has 0 bridgehead atoms. The molecule has 1 aliphatic rings. The number of H-pyrrole nitrogens is 1. The average molecular weight is 434 g/mol. The summed E-state index contributed by atoms with van der Waals surface area (Å²) in [5.74, 6) is 9.81. The maximum atomic E-state index is 12.6. The van der Waals surface area contributed by atoms with Gasteiger partial charge < -0.3 is 9.72 Å². The number of imidazole rings is 1. The highest BCUT2D eigenvalue weighted by Gasteiger charge is 2.34. The highest BCUT2D eigenvalue weighted by Crippen LogP contribution is 2.32. The van der Waals surface area contributed by atoms with Gasteiger partial charge in [0.05, 0.1) is 17.9 Å². The molecular formula is C25H31N3O2Si. The number of benzene rings is 1. The summed E-state index contributed by atoms with van der Waals surface area (Å²) < 4.78 is 5.56. The number of nitrogens with zero attached hydrogens (tertiary/aromatic N) is 2. The van der Waals surface area contributed by atoms with Crippen LogP contribution in [0.2, 0.25) is 19.6 Å². The topological polar surface area (TPSA) is 58.2 Å². The van der Waals surface area contributed by atoms with Crippen LogP contribution in [-0.4, -0.2) is 41.2 Å². The number of rotatable bonds is 2. The van der Waals surface area contributed by atoms with Crippen LogP contribution in [0.4, 0.5) is 4.79 Å². The fourth-order valence-electron chi connectivity index (χ4n) is 3.30. The van der Waals surface area contributed by atoms with Gasteiger partial charge in [-0.05, 0) is 63.1 Å². The fraction of sp³-hybridized carbons (Fsp3) is 0.440. The number of aromatic nitrogens is 2. The SMILES string of the molecule is CC(C)(C)OC(=O)N1CCC[C@H]1c1ncc(-c2ccc(C#CC#C[Si](C)(C)C)cc2)[nH]1. The zero-order valence-electron chi connectivity index (χ0n) is 19.3. The molecule has 1 aromatic carbocycles. The fourth-order valence-corrected chi connectivity index (χ4v) is 3.74. The summed E-state index contributed by atoms with van der Waals surface area (Å²) in [7, 11) is -1.39. The van der Waals surface area contributed by atoms with Gasteiger partial charge in [-0.3, -0.25) is 4.90 Å². The summed E-state index contributed by atoms with van der Waals surface area (Å²) in [5, 5.41) is 0. The average Bonchev–Trinajstić information content (AvgIpc) is 3.32. The van der Waals surface area contributed by atoms with Crippen molar-refractivity contribution in [2.45, 2.75) is 64.9 Å². The van der Waals surface area contributed by atoms with Crippen LogP contribution in [0.5, 0.6) is 0 Å². The third kappa shape index (κ3) is 6.51. The number of hydrogen-bond donors (Lipinski definition) is 1. The van der Waals surface area contributed by atoms with Crippen LogP contribution in [-0.2, 0) is 4.74 Å². The van der Waals surface area contributed by atoms with Crippen molar-refractivity contribution >= 4 is 14.2 Å². The molecule has 2 heterocycles. The Morgan fingerprint density at radius 3 is 2.55 bits per heavy atom. The summed E-state index contributed by atoms with van der Waals surface area (Å²) >= 11 is 0. The van der Waals surface area contributed by atoms with E-state index < -0.39 is 13.7 Å². The van der Waals surface area contributed by atoms with Crippen LogP contribution in [0.15, 0.2) is 30.5 Å². The highest BCUT2D eigenvalue weighted by atomic mass is 28.3. The lowest BCUT2D eigenvalue weighted by molar-refractivity contribution is 0.0218. The molecule has 5 nitrogen and oxygen atoms in total. The molecule has 162 valence electrons. The van der Waals surface area contributed by atoms with Crippen molar-refractivity contribution in [3.8, 4) is 34.6 Å². The second kappa shape index (κ2) is 9.04. The second-order valence-corrected chi connectivity index (χ2v) is 14.6. The van der Waals surface area contributed by atoms with Crippen LogP contribution in [0, 0.1) is 23.3 Å². The number of carbonyl (C=O) groups is 1. The van der Waals surface area contributed by atoms with E-state index in [2.05, 4.69) is 52.9 Å². The van der Waals surface area contributed by atoms with Crippen LogP contribution in [0.3, 0.4) is 0 Å². The van der Waals surface area contributed by atoms with Gasteiger partial charge in [0.25, 0.3) is 0 Å². The number of hydrogen-bond acceptors (Lipinski definition) is 3. The quantitative estimate of drug-likeness (QED) is 0.511. The first-order valence-electron chi connectivity index (χ1n) is 10.7. The van der Waals surface area contributed by atoms with Gasteiger partial charge >= 0.3 is 6.09 Å². The van der Waals surface area contributed by atoms with E-state index in [1.807, 2.05) is 51.2 Å². The first kappa shape index (κ1) is 22.7. The number of amides is 1. The van der Waals surface area contributed by atoms with Crippen molar-refractivity contribution in [3.05, 3.63) is 41.9 Å². The molecule has 1 amide bonds. The predicted octanol–water partition coefficient (Wildman–Crippen LogP) is 5.38. The van der Waals surface area contributed by atoms with Crippen LogP contribution in [0.25, 0.3) is 11.3 Å². The third-order valence-electron chi connectivity index (χ3n) is 4.69. The molecule has 3 rings (SSSR count). The Morgan fingerprint density at radius 2 is 1.90 bits per heavy atom. The molecule has 1 fully saturated rings.